The van der Waals surface area contributed by atoms with Crippen molar-refractivity contribution in [3.8, 4) is 0 Å². The molecule has 0 saturated carbocycles. The van der Waals surface area contributed by atoms with Crippen molar-refractivity contribution in [3.63, 3.8) is 0 Å². The number of fused-ring (bicyclic) bond motifs is 1. The van der Waals surface area contributed by atoms with Crippen molar-refractivity contribution < 1.29 is 36.2 Å². The number of unbranched alkanes of at least 4 members (excludes halogenated alkanes) is 4. The van der Waals surface area contributed by atoms with E-state index in [0.717, 1.165) is 56.2 Å². The number of sulfone groups is 1. The summed E-state index contributed by atoms with van der Waals surface area (Å²) in [5.41, 5.74) is 3.38. The van der Waals surface area contributed by atoms with Gasteiger partial charge in [0, 0.05) is 18.9 Å². The highest BCUT2D eigenvalue weighted by Gasteiger charge is 2.28. The Morgan fingerprint density at radius 1 is 0.955 bits per heavy atom. The third-order valence-corrected chi connectivity index (χ3v) is 10.0. The minimum atomic E-state index is -4.34. The molecule has 0 aliphatic heterocycles. The Labute approximate surface area is 260 Å². The number of aliphatic hydroxyl groups is 2. The average Bonchev–Trinajstić information content (AvgIpc) is 3.11. The molecule has 0 radical (unpaired) electrons. The fourth-order valence-corrected chi connectivity index (χ4v) is 7.51. The summed E-state index contributed by atoms with van der Waals surface area (Å²) >= 11 is 0. The molecule has 246 valence electrons. The molecule has 3 atom stereocenters. The van der Waals surface area contributed by atoms with Crippen molar-refractivity contribution in [1.82, 2.24) is 4.90 Å². The van der Waals surface area contributed by atoms with Crippen LogP contribution in [-0.4, -0.2) is 67.0 Å². The number of halogens is 4. The zero-order valence-electron chi connectivity index (χ0n) is 25.6. The van der Waals surface area contributed by atoms with Crippen LogP contribution in [0.15, 0.2) is 66.0 Å². The Morgan fingerprint density at radius 3 is 2.30 bits per heavy atom. The third kappa shape index (κ3) is 12.9. The standard InChI is InChI=1S/C34H47F4NO4S/c1-26(40)25-39(21-6-7-22-44(42,43)23-9-19-34(36,37)38)20-5-3-2-4-11-33-31(27-13-15-29(35)16-14-27)12-8-10-28-24-30(41)17-18-32(28)33/h8,12-18,24,26,28,32,40-41H,2-7,9-11,19-23,25H2,1H3/t26-,28?,32?/m1/s1. The molecular formula is C34H47F4NO4S. The molecule has 0 fully saturated rings. The van der Waals surface area contributed by atoms with Gasteiger partial charge in [-0.1, -0.05) is 48.8 Å². The Morgan fingerprint density at radius 2 is 1.61 bits per heavy atom. The minimum Gasteiger partial charge on any atom is -0.508 e. The Kier molecular flexibility index (Phi) is 14.2. The Hall–Kier alpha value is -2.43. The maximum Gasteiger partial charge on any atom is 0.389 e. The summed E-state index contributed by atoms with van der Waals surface area (Å²) in [6.45, 7) is 3.59. The predicted molar refractivity (Wildman–Crippen MR) is 168 cm³/mol. The van der Waals surface area contributed by atoms with E-state index >= 15 is 0 Å². The van der Waals surface area contributed by atoms with Gasteiger partial charge in [0.25, 0.3) is 0 Å². The van der Waals surface area contributed by atoms with E-state index < -0.39 is 40.7 Å². The predicted octanol–water partition coefficient (Wildman–Crippen LogP) is 7.95. The lowest BCUT2D eigenvalue weighted by Crippen LogP contribution is -2.33. The van der Waals surface area contributed by atoms with Crippen LogP contribution in [0.25, 0.3) is 5.57 Å². The maximum atomic E-state index is 13.6. The zero-order chi connectivity index (χ0) is 32.2. The molecule has 0 amide bonds. The number of rotatable bonds is 18. The number of hydrogen-bond acceptors (Lipinski definition) is 5. The smallest absolute Gasteiger partial charge is 0.389 e. The molecule has 2 aliphatic carbocycles. The summed E-state index contributed by atoms with van der Waals surface area (Å²) in [6.07, 6.45) is 10.2. The van der Waals surface area contributed by atoms with Crippen molar-refractivity contribution in [2.45, 2.75) is 83.4 Å². The van der Waals surface area contributed by atoms with E-state index in [0.29, 0.717) is 25.9 Å². The molecule has 0 heterocycles. The number of allylic oxidation sites excluding steroid dienone is 7. The molecule has 2 unspecified atom stereocenters. The van der Waals surface area contributed by atoms with Crippen molar-refractivity contribution >= 4 is 15.4 Å². The summed E-state index contributed by atoms with van der Waals surface area (Å²) in [5.74, 6) is -0.215. The van der Waals surface area contributed by atoms with E-state index in [4.69, 9.17) is 0 Å². The van der Waals surface area contributed by atoms with Crippen LogP contribution in [0.2, 0.25) is 0 Å². The largest absolute Gasteiger partial charge is 0.508 e. The van der Waals surface area contributed by atoms with Crippen LogP contribution in [0.1, 0.15) is 76.7 Å². The van der Waals surface area contributed by atoms with Gasteiger partial charge >= 0.3 is 6.18 Å². The quantitative estimate of drug-likeness (QED) is 0.126. The lowest BCUT2D eigenvalue weighted by Gasteiger charge is -2.27. The molecule has 2 N–H and O–H groups in total. The van der Waals surface area contributed by atoms with E-state index in [-0.39, 0.29) is 29.2 Å². The van der Waals surface area contributed by atoms with E-state index in [1.54, 1.807) is 13.0 Å². The van der Waals surface area contributed by atoms with Crippen LogP contribution in [0.4, 0.5) is 17.6 Å². The maximum absolute atomic E-state index is 13.6. The van der Waals surface area contributed by atoms with Gasteiger partial charge in [0.05, 0.1) is 17.6 Å². The molecule has 1 aromatic carbocycles. The van der Waals surface area contributed by atoms with Gasteiger partial charge in [-0.25, -0.2) is 12.8 Å². The molecule has 0 bridgehead atoms. The van der Waals surface area contributed by atoms with Gasteiger partial charge in [-0.2, -0.15) is 13.2 Å². The fraction of sp³-hybridized carbons (Fsp3) is 0.588. The average molecular weight is 642 g/mol. The van der Waals surface area contributed by atoms with Crippen LogP contribution in [0.3, 0.4) is 0 Å². The minimum absolute atomic E-state index is 0.120. The van der Waals surface area contributed by atoms with Crippen molar-refractivity contribution in [1.29, 1.82) is 0 Å². The van der Waals surface area contributed by atoms with E-state index in [2.05, 4.69) is 23.1 Å². The van der Waals surface area contributed by atoms with Crippen LogP contribution in [0, 0.1) is 17.7 Å². The number of aliphatic hydroxyl groups excluding tert-OH is 2. The lowest BCUT2D eigenvalue weighted by atomic mass is 9.77. The van der Waals surface area contributed by atoms with E-state index in [1.807, 2.05) is 18.2 Å². The summed E-state index contributed by atoms with van der Waals surface area (Å²) in [5, 5.41) is 20.0. The molecule has 5 nitrogen and oxygen atoms in total. The van der Waals surface area contributed by atoms with Gasteiger partial charge in [0.1, 0.15) is 21.4 Å². The van der Waals surface area contributed by atoms with Gasteiger partial charge in [0.2, 0.25) is 0 Å². The number of benzene rings is 1. The monoisotopic (exact) mass is 641 g/mol. The molecule has 44 heavy (non-hydrogen) atoms. The highest BCUT2D eigenvalue weighted by molar-refractivity contribution is 7.91. The molecular weight excluding hydrogens is 594 g/mol. The van der Waals surface area contributed by atoms with Crippen molar-refractivity contribution in [3.05, 3.63) is 77.4 Å². The number of hydrogen-bond donors (Lipinski definition) is 2. The Balaban J connectivity index is 1.47. The summed E-state index contributed by atoms with van der Waals surface area (Å²) in [6, 6.07) is 6.59. The fourth-order valence-electron chi connectivity index (χ4n) is 6.08. The molecule has 1 aromatic rings. The number of alkyl halides is 3. The summed E-state index contributed by atoms with van der Waals surface area (Å²) in [4.78, 5) is 2.13. The normalized spacial score (nSPS) is 19.7. The van der Waals surface area contributed by atoms with E-state index in [1.165, 1.54) is 17.7 Å². The molecule has 2 aliphatic rings. The van der Waals surface area contributed by atoms with Gasteiger partial charge in [-0.3, -0.25) is 0 Å². The lowest BCUT2D eigenvalue weighted by molar-refractivity contribution is -0.134. The van der Waals surface area contributed by atoms with Gasteiger partial charge in [-0.15, -0.1) is 0 Å². The first-order chi connectivity index (χ1) is 20.8. The first-order valence-corrected chi connectivity index (χ1v) is 17.6. The van der Waals surface area contributed by atoms with Crippen molar-refractivity contribution in [2.75, 3.05) is 31.1 Å². The summed E-state index contributed by atoms with van der Waals surface area (Å²) < 4.78 is 74.8. The molecule has 0 aromatic heterocycles. The first kappa shape index (κ1) is 36.0. The van der Waals surface area contributed by atoms with Crippen LogP contribution < -0.4 is 0 Å². The zero-order valence-corrected chi connectivity index (χ0v) is 26.4. The second-order valence-electron chi connectivity index (χ2n) is 12.1. The molecule has 3 rings (SSSR count). The third-order valence-electron chi connectivity index (χ3n) is 8.20. The summed E-state index contributed by atoms with van der Waals surface area (Å²) in [7, 11) is -3.51. The highest BCUT2D eigenvalue weighted by Crippen LogP contribution is 2.40. The van der Waals surface area contributed by atoms with Gasteiger partial charge < -0.3 is 15.1 Å². The number of nitrogens with zero attached hydrogens (tertiary/aromatic N) is 1. The SMILES string of the molecule is C[C@@H](O)CN(CCCCCCC1=C(c2ccc(F)cc2)C=CCC2C=C(O)C=CC12)CCCCS(=O)(=O)CCCC(F)(F)F. The first-order valence-electron chi connectivity index (χ1n) is 15.7. The molecule has 0 saturated heterocycles. The molecule has 0 spiro atoms. The van der Waals surface area contributed by atoms with Crippen LogP contribution >= 0.6 is 0 Å². The van der Waals surface area contributed by atoms with Crippen molar-refractivity contribution in [2.24, 2.45) is 11.8 Å². The second-order valence-corrected chi connectivity index (χ2v) is 14.4. The molecule has 10 heteroatoms. The van der Waals surface area contributed by atoms with E-state index in [9.17, 15) is 36.2 Å². The second kappa shape index (κ2) is 17.3. The topological polar surface area (TPSA) is 77.8 Å². The van der Waals surface area contributed by atoms with Crippen LogP contribution in [0.5, 0.6) is 0 Å². The van der Waals surface area contributed by atoms with Gasteiger partial charge in [-0.05, 0) is 106 Å². The highest BCUT2D eigenvalue weighted by atomic mass is 32.2. The van der Waals surface area contributed by atoms with Crippen LogP contribution in [-0.2, 0) is 9.84 Å². The van der Waals surface area contributed by atoms with Gasteiger partial charge in [0.15, 0.2) is 0 Å². The Bertz CT molecular complexity index is 1270.